The van der Waals surface area contributed by atoms with Crippen LogP contribution in [0.5, 0.6) is 0 Å². The van der Waals surface area contributed by atoms with E-state index in [1.165, 1.54) is 18.5 Å². The quantitative estimate of drug-likeness (QED) is 0.624. The zero-order valence-corrected chi connectivity index (χ0v) is 8.87. The lowest BCUT2D eigenvalue weighted by Crippen LogP contribution is -2.04. The van der Waals surface area contributed by atoms with Crippen LogP contribution < -0.4 is 5.32 Å². The Balaban J connectivity index is 1.85. The highest BCUT2D eigenvalue weighted by molar-refractivity contribution is 5.48. The molecule has 17 heavy (non-hydrogen) atoms. The van der Waals surface area contributed by atoms with E-state index in [1.54, 1.807) is 12.1 Å². The fourth-order valence-electron chi connectivity index (χ4n) is 1.32. The van der Waals surface area contributed by atoms with Crippen molar-refractivity contribution in [1.29, 1.82) is 0 Å². The molecule has 0 amide bonds. The van der Waals surface area contributed by atoms with Crippen LogP contribution >= 0.6 is 0 Å². The molecular formula is C10H10N4O3. The van der Waals surface area contributed by atoms with Crippen molar-refractivity contribution in [3.63, 3.8) is 0 Å². The van der Waals surface area contributed by atoms with E-state index in [0.717, 1.165) is 5.69 Å². The summed E-state index contributed by atoms with van der Waals surface area (Å²) in [5, 5.41) is 17.0. The first kappa shape index (κ1) is 11.1. The number of nitro benzene ring substituents is 1. The fourth-order valence-corrected chi connectivity index (χ4v) is 1.32. The number of nitrogens with zero attached hydrogens (tertiary/aromatic N) is 3. The van der Waals surface area contributed by atoms with Crippen LogP contribution in [-0.2, 0) is 6.42 Å². The zero-order valence-electron chi connectivity index (χ0n) is 8.87. The molecule has 0 bridgehead atoms. The monoisotopic (exact) mass is 234 g/mol. The van der Waals surface area contributed by atoms with Crippen molar-refractivity contribution in [2.75, 3.05) is 11.9 Å². The maximum absolute atomic E-state index is 10.4. The minimum atomic E-state index is -0.428. The van der Waals surface area contributed by atoms with Gasteiger partial charge in [0.2, 0.25) is 5.89 Å². The Labute approximate surface area is 96.6 Å². The summed E-state index contributed by atoms with van der Waals surface area (Å²) in [6.07, 6.45) is 1.96. The molecule has 1 aromatic heterocycles. The zero-order chi connectivity index (χ0) is 12.1. The van der Waals surface area contributed by atoms with Gasteiger partial charge < -0.3 is 9.84 Å². The normalized spacial score (nSPS) is 10.1. The Bertz CT molecular complexity index is 481. The van der Waals surface area contributed by atoms with E-state index < -0.39 is 4.92 Å². The van der Waals surface area contributed by atoms with Crippen molar-refractivity contribution in [3.05, 3.63) is 46.6 Å². The molecule has 0 aliphatic rings. The lowest BCUT2D eigenvalue weighted by molar-refractivity contribution is -0.384. The van der Waals surface area contributed by atoms with E-state index in [9.17, 15) is 10.1 Å². The summed E-state index contributed by atoms with van der Waals surface area (Å²) < 4.78 is 4.83. The Morgan fingerprint density at radius 2 is 2.12 bits per heavy atom. The molecule has 1 heterocycles. The lowest BCUT2D eigenvalue weighted by atomic mass is 10.3. The van der Waals surface area contributed by atoms with Crippen molar-refractivity contribution in [1.82, 2.24) is 10.1 Å². The number of hydrogen-bond donors (Lipinski definition) is 1. The first-order valence-electron chi connectivity index (χ1n) is 4.99. The van der Waals surface area contributed by atoms with Gasteiger partial charge in [0.1, 0.15) is 0 Å². The third-order valence-electron chi connectivity index (χ3n) is 2.15. The molecule has 0 saturated carbocycles. The summed E-state index contributed by atoms with van der Waals surface area (Å²) in [6.45, 7) is 0.625. The van der Waals surface area contributed by atoms with Gasteiger partial charge in [0.25, 0.3) is 5.69 Å². The molecule has 88 valence electrons. The number of rotatable bonds is 5. The Morgan fingerprint density at radius 3 is 2.71 bits per heavy atom. The highest BCUT2D eigenvalue weighted by Crippen LogP contribution is 2.15. The third-order valence-corrected chi connectivity index (χ3v) is 2.15. The highest BCUT2D eigenvalue weighted by atomic mass is 16.6. The van der Waals surface area contributed by atoms with Gasteiger partial charge in [0.15, 0.2) is 6.33 Å². The minimum absolute atomic E-state index is 0.0763. The molecule has 1 aromatic carbocycles. The van der Waals surface area contributed by atoms with Crippen LogP contribution in [0.15, 0.2) is 35.1 Å². The Kier molecular flexibility index (Phi) is 3.29. The molecule has 0 spiro atoms. The van der Waals surface area contributed by atoms with Gasteiger partial charge in [-0.3, -0.25) is 10.1 Å². The van der Waals surface area contributed by atoms with Gasteiger partial charge in [0, 0.05) is 30.8 Å². The molecule has 0 fully saturated rings. The van der Waals surface area contributed by atoms with Gasteiger partial charge in [-0.2, -0.15) is 4.98 Å². The van der Waals surface area contributed by atoms with Crippen LogP contribution in [0.1, 0.15) is 5.89 Å². The van der Waals surface area contributed by atoms with E-state index in [-0.39, 0.29) is 5.69 Å². The molecule has 7 heteroatoms. The van der Waals surface area contributed by atoms with Crippen molar-refractivity contribution in [3.8, 4) is 0 Å². The minimum Gasteiger partial charge on any atom is -0.385 e. The standard InChI is InChI=1S/C10H10N4O3/c15-14(16)9-3-1-8(2-4-9)11-6-5-10-12-7-13-17-10/h1-4,7,11H,5-6H2. The van der Waals surface area contributed by atoms with Crippen LogP contribution in [0.2, 0.25) is 0 Å². The maximum Gasteiger partial charge on any atom is 0.269 e. The number of non-ortho nitro benzene ring substituents is 1. The number of benzene rings is 1. The second-order valence-corrected chi connectivity index (χ2v) is 3.32. The summed E-state index contributed by atoms with van der Waals surface area (Å²) in [7, 11) is 0. The molecule has 0 radical (unpaired) electrons. The van der Waals surface area contributed by atoms with Crippen molar-refractivity contribution < 1.29 is 9.45 Å². The molecule has 0 aliphatic carbocycles. The number of anilines is 1. The average molecular weight is 234 g/mol. The Morgan fingerprint density at radius 1 is 1.35 bits per heavy atom. The molecule has 0 aliphatic heterocycles. The number of hydrogen-bond acceptors (Lipinski definition) is 6. The first-order chi connectivity index (χ1) is 8.25. The van der Waals surface area contributed by atoms with Crippen molar-refractivity contribution >= 4 is 11.4 Å². The predicted molar refractivity (Wildman–Crippen MR) is 59.6 cm³/mol. The average Bonchev–Trinajstić information content (AvgIpc) is 2.83. The molecule has 0 saturated heterocycles. The van der Waals surface area contributed by atoms with E-state index in [2.05, 4.69) is 15.5 Å². The van der Waals surface area contributed by atoms with Crippen LogP contribution in [0.4, 0.5) is 11.4 Å². The lowest BCUT2D eigenvalue weighted by Gasteiger charge is -2.03. The van der Waals surface area contributed by atoms with Crippen LogP contribution in [-0.4, -0.2) is 21.6 Å². The summed E-state index contributed by atoms with van der Waals surface area (Å²) in [6, 6.07) is 6.22. The van der Waals surface area contributed by atoms with Gasteiger partial charge in [-0.1, -0.05) is 5.16 Å². The summed E-state index contributed by atoms with van der Waals surface area (Å²) in [5.41, 5.74) is 0.891. The first-order valence-corrected chi connectivity index (χ1v) is 4.99. The SMILES string of the molecule is O=[N+]([O-])c1ccc(NCCc2ncno2)cc1. The largest absolute Gasteiger partial charge is 0.385 e. The number of nitro groups is 1. The topological polar surface area (TPSA) is 94.1 Å². The van der Waals surface area contributed by atoms with Crippen molar-refractivity contribution in [2.24, 2.45) is 0 Å². The molecule has 7 nitrogen and oxygen atoms in total. The molecule has 2 aromatic rings. The van der Waals surface area contributed by atoms with E-state index in [1.807, 2.05) is 0 Å². The van der Waals surface area contributed by atoms with Gasteiger partial charge in [0.05, 0.1) is 4.92 Å². The number of nitrogens with one attached hydrogen (secondary N) is 1. The highest BCUT2D eigenvalue weighted by Gasteiger charge is 2.03. The van der Waals surface area contributed by atoms with Crippen molar-refractivity contribution in [2.45, 2.75) is 6.42 Å². The maximum atomic E-state index is 10.4. The molecule has 0 atom stereocenters. The Hall–Kier alpha value is -2.44. The second-order valence-electron chi connectivity index (χ2n) is 3.32. The smallest absolute Gasteiger partial charge is 0.269 e. The predicted octanol–water partition coefficient (Wildman–Crippen LogP) is 1.63. The van der Waals surface area contributed by atoms with Crippen LogP contribution in [0.3, 0.4) is 0 Å². The summed E-state index contributed by atoms with van der Waals surface area (Å²) in [5.74, 6) is 0.555. The summed E-state index contributed by atoms with van der Waals surface area (Å²) >= 11 is 0. The van der Waals surface area contributed by atoms with Gasteiger partial charge in [-0.05, 0) is 12.1 Å². The third kappa shape index (κ3) is 3.00. The van der Waals surface area contributed by atoms with E-state index in [4.69, 9.17) is 4.52 Å². The van der Waals surface area contributed by atoms with E-state index >= 15 is 0 Å². The molecular weight excluding hydrogens is 224 g/mol. The number of aromatic nitrogens is 2. The van der Waals surface area contributed by atoms with Gasteiger partial charge in [-0.15, -0.1) is 0 Å². The molecule has 1 N–H and O–H groups in total. The van der Waals surface area contributed by atoms with Crippen LogP contribution in [0, 0.1) is 10.1 Å². The van der Waals surface area contributed by atoms with Gasteiger partial charge >= 0.3 is 0 Å². The second kappa shape index (κ2) is 5.06. The molecule has 0 unspecified atom stereocenters. The van der Waals surface area contributed by atoms with Gasteiger partial charge in [-0.25, -0.2) is 0 Å². The fraction of sp³-hybridized carbons (Fsp3) is 0.200. The molecule has 2 rings (SSSR count). The van der Waals surface area contributed by atoms with Crippen LogP contribution in [0.25, 0.3) is 0 Å². The summed E-state index contributed by atoms with van der Waals surface area (Å²) in [4.78, 5) is 13.9. The van der Waals surface area contributed by atoms with E-state index in [0.29, 0.717) is 18.9 Å².